The molecule has 0 N–H and O–H groups in total. The smallest absolute Gasteiger partial charge is 0.0849 e. The largest absolute Gasteiger partial charge is 0.277 e. The van der Waals surface area contributed by atoms with Crippen LogP contribution in [0.2, 0.25) is 0 Å². The minimum atomic E-state index is 0. The van der Waals surface area contributed by atoms with E-state index in [0.29, 0.717) is 0 Å². The topological polar surface area (TPSA) is 21.7 Å². The van der Waals surface area contributed by atoms with Gasteiger partial charge in [-0.2, -0.15) is 0 Å². The summed E-state index contributed by atoms with van der Waals surface area (Å²) in [4.78, 5) is 10.1. The third-order valence-corrected chi connectivity index (χ3v) is 1.96. The maximum atomic E-state index is 5.03. The molecule has 1 aromatic rings. The normalized spacial score (nSPS) is 12.3. The van der Waals surface area contributed by atoms with Gasteiger partial charge in [-0.1, -0.05) is 35.6 Å². The Morgan fingerprint density at radius 3 is 2.00 bits per heavy atom. The molecule has 1 unspecified atom stereocenters. The van der Waals surface area contributed by atoms with E-state index in [1.807, 2.05) is 37.3 Å². The Hall–Kier alpha value is -0.610. The molecule has 0 aromatic heterocycles. The van der Waals surface area contributed by atoms with Gasteiger partial charge in [-0.05, 0) is 12.5 Å². The Labute approximate surface area is 90.9 Å². The Morgan fingerprint density at radius 2 is 1.57 bits per heavy atom. The molecule has 0 heterocycles. The third kappa shape index (κ3) is 3.27. The fourth-order valence-electron chi connectivity index (χ4n) is 1.24. The molecule has 3 nitrogen and oxygen atoms in total. The van der Waals surface area contributed by atoms with Gasteiger partial charge in [-0.25, -0.2) is 0 Å². The summed E-state index contributed by atoms with van der Waals surface area (Å²) in [6.45, 7) is 2.02. The predicted octanol–water partition coefficient (Wildman–Crippen LogP) is 2.59. The zero-order chi connectivity index (χ0) is 9.68. The summed E-state index contributed by atoms with van der Waals surface area (Å²) in [6, 6.07) is 10.1. The Balaban J connectivity index is 0.00000169. The number of hydroxylamine groups is 2. The second kappa shape index (κ2) is 6.79. The zero-order valence-electron chi connectivity index (χ0n) is 8.64. The average molecular weight is 218 g/mol. The molecule has 0 amide bonds. The van der Waals surface area contributed by atoms with Gasteiger partial charge in [0.05, 0.1) is 20.3 Å². The molecule has 0 aliphatic rings. The molecule has 0 aliphatic heterocycles. The lowest BCUT2D eigenvalue weighted by atomic mass is 10.1. The number of hydrogen-bond donors (Lipinski definition) is 0. The van der Waals surface area contributed by atoms with Gasteiger partial charge >= 0.3 is 0 Å². The molecule has 0 fully saturated rings. The molecule has 0 spiro atoms. The van der Waals surface area contributed by atoms with Crippen molar-refractivity contribution in [2.24, 2.45) is 0 Å². The van der Waals surface area contributed by atoms with Gasteiger partial charge in [-0.15, -0.1) is 12.4 Å². The van der Waals surface area contributed by atoms with Gasteiger partial charge in [-0.3, -0.25) is 9.68 Å². The monoisotopic (exact) mass is 217 g/mol. The summed E-state index contributed by atoms with van der Waals surface area (Å²) >= 11 is 0. The molecular weight excluding hydrogens is 202 g/mol. The van der Waals surface area contributed by atoms with Crippen molar-refractivity contribution in [1.82, 2.24) is 5.23 Å². The molecule has 0 saturated carbocycles. The van der Waals surface area contributed by atoms with Crippen LogP contribution in [0.3, 0.4) is 0 Å². The third-order valence-electron chi connectivity index (χ3n) is 1.96. The Morgan fingerprint density at radius 1 is 1.07 bits per heavy atom. The lowest BCUT2D eigenvalue weighted by Gasteiger charge is -2.23. The number of rotatable bonds is 4. The van der Waals surface area contributed by atoms with Crippen molar-refractivity contribution in [3.05, 3.63) is 35.9 Å². The van der Waals surface area contributed by atoms with Gasteiger partial charge in [0.1, 0.15) is 0 Å². The van der Waals surface area contributed by atoms with E-state index in [1.165, 1.54) is 5.23 Å². The van der Waals surface area contributed by atoms with Crippen LogP contribution in [0.5, 0.6) is 0 Å². The SMILES string of the molecule is CON(OC)C(C)c1ccccc1.Cl. The second-order valence-electron chi connectivity index (χ2n) is 2.74. The first kappa shape index (κ1) is 13.4. The van der Waals surface area contributed by atoms with E-state index < -0.39 is 0 Å². The highest BCUT2D eigenvalue weighted by atomic mass is 35.5. The minimum Gasteiger partial charge on any atom is -0.277 e. The van der Waals surface area contributed by atoms with E-state index in [9.17, 15) is 0 Å². The lowest BCUT2D eigenvalue weighted by molar-refractivity contribution is -0.364. The van der Waals surface area contributed by atoms with Crippen molar-refractivity contribution in [2.45, 2.75) is 13.0 Å². The molecule has 0 saturated heterocycles. The summed E-state index contributed by atoms with van der Waals surface area (Å²) in [5, 5.41) is 1.45. The maximum absolute atomic E-state index is 5.03. The minimum absolute atomic E-state index is 0. The van der Waals surface area contributed by atoms with Gasteiger partial charge < -0.3 is 0 Å². The molecule has 80 valence electrons. The molecule has 1 aromatic carbocycles. The Bertz CT molecular complexity index is 239. The standard InChI is InChI=1S/C10H15NO2.ClH/c1-9(11(12-2)13-3)10-7-5-4-6-8-10;/h4-9H,1-3H3;1H. The van der Waals surface area contributed by atoms with Crippen LogP contribution < -0.4 is 0 Å². The number of halogens is 1. The quantitative estimate of drug-likeness (QED) is 0.724. The van der Waals surface area contributed by atoms with Gasteiger partial charge in [0, 0.05) is 0 Å². The highest BCUT2D eigenvalue weighted by molar-refractivity contribution is 5.85. The van der Waals surface area contributed by atoms with Crippen LogP contribution in [0.15, 0.2) is 30.3 Å². The van der Waals surface area contributed by atoms with Crippen molar-refractivity contribution >= 4 is 12.4 Å². The molecule has 0 bridgehead atoms. The predicted molar refractivity (Wildman–Crippen MR) is 58.0 cm³/mol. The van der Waals surface area contributed by atoms with Crippen molar-refractivity contribution in [2.75, 3.05) is 14.2 Å². The van der Waals surface area contributed by atoms with Crippen LogP contribution in [0.1, 0.15) is 18.5 Å². The van der Waals surface area contributed by atoms with Crippen LogP contribution in [0, 0.1) is 0 Å². The van der Waals surface area contributed by atoms with Crippen molar-refractivity contribution in [1.29, 1.82) is 0 Å². The summed E-state index contributed by atoms with van der Waals surface area (Å²) < 4.78 is 0. The van der Waals surface area contributed by atoms with Crippen molar-refractivity contribution in [3.63, 3.8) is 0 Å². The second-order valence-corrected chi connectivity index (χ2v) is 2.74. The van der Waals surface area contributed by atoms with E-state index in [0.717, 1.165) is 5.56 Å². The van der Waals surface area contributed by atoms with E-state index in [2.05, 4.69) is 0 Å². The molecule has 0 aliphatic carbocycles. The van der Waals surface area contributed by atoms with Gasteiger partial charge in [0.15, 0.2) is 0 Å². The lowest BCUT2D eigenvalue weighted by Crippen LogP contribution is -2.24. The summed E-state index contributed by atoms with van der Waals surface area (Å²) in [7, 11) is 3.17. The van der Waals surface area contributed by atoms with Crippen LogP contribution in [0.4, 0.5) is 0 Å². The van der Waals surface area contributed by atoms with Crippen LogP contribution in [-0.4, -0.2) is 19.4 Å². The maximum Gasteiger partial charge on any atom is 0.0849 e. The van der Waals surface area contributed by atoms with E-state index in [4.69, 9.17) is 9.68 Å². The summed E-state index contributed by atoms with van der Waals surface area (Å²) in [5.41, 5.74) is 1.16. The molecule has 4 heteroatoms. The molecule has 1 rings (SSSR count). The molecule has 14 heavy (non-hydrogen) atoms. The van der Waals surface area contributed by atoms with Crippen LogP contribution >= 0.6 is 12.4 Å². The average Bonchev–Trinajstić information content (AvgIpc) is 2.21. The number of hydrogen-bond acceptors (Lipinski definition) is 3. The number of nitrogens with zero attached hydrogens (tertiary/aromatic N) is 1. The molecule has 0 radical (unpaired) electrons. The summed E-state index contributed by atoms with van der Waals surface area (Å²) in [5.74, 6) is 0. The number of benzene rings is 1. The summed E-state index contributed by atoms with van der Waals surface area (Å²) in [6.07, 6.45) is 0. The fraction of sp³-hybridized carbons (Fsp3) is 0.400. The van der Waals surface area contributed by atoms with Crippen molar-refractivity contribution in [3.8, 4) is 0 Å². The van der Waals surface area contributed by atoms with E-state index >= 15 is 0 Å². The fourth-order valence-corrected chi connectivity index (χ4v) is 1.24. The van der Waals surface area contributed by atoms with Crippen LogP contribution in [0.25, 0.3) is 0 Å². The van der Waals surface area contributed by atoms with Gasteiger partial charge in [0.25, 0.3) is 0 Å². The Kier molecular flexibility index (Phi) is 6.49. The van der Waals surface area contributed by atoms with Crippen molar-refractivity contribution < 1.29 is 9.68 Å². The first-order chi connectivity index (χ1) is 6.29. The molecular formula is C10H16ClNO2. The highest BCUT2D eigenvalue weighted by Gasteiger charge is 2.14. The first-order valence-electron chi connectivity index (χ1n) is 4.22. The van der Waals surface area contributed by atoms with Gasteiger partial charge in [0.2, 0.25) is 0 Å². The van der Waals surface area contributed by atoms with Crippen LogP contribution in [-0.2, 0) is 9.68 Å². The first-order valence-corrected chi connectivity index (χ1v) is 4.22. The highest BCUT2D eigenvalue weighted by Crippen LogP contribution is 2.18. The van der Waals surface area contributed by atoms with E-state index in [-0.39, 0.29) is 18.4 Å². The molecule has 1 atom stereocenters. The zero-order valence-corrected chi connectivity index (χ0v) is 9.45. The van der Waals surface area contributed by atoms with E-state index in [1.54, 1.807) is 14.2 Å².